The quantitative estimate of drug-likeness (QED) is 0.896. The SMILES string of the molecule is O=C(O)[C@H]1CCN(Cc2ccc(C(F)(F)F)cc2)C[C@H]1O. The van der Waals surface area contributed by atoms with E-state index >= 15 is 0 Å². The second-order valence-electron chi connectivity index (χ2n) is 5.23. The number of rotatable bonds is 3. The zero-order chi connectivity index (χ0) is 15.6. The number of aliphatic hydroxyl groups excluding tert-OH is 1. The topological polar surface area (TPSA) is 60.8 Å². The van der Waals surface area contributed by atoms with Crippen molar-refractivity contribution in [1.82, 2.24) is 4.90 Å². The molecule has 4 nitrogen and oxygen atoms in total. The van der Waals surface area contributed by atoms with Gasteiger partial charge in [0.05, 0.1) is 17.6 Å². The van der Waals surface area contributed by atoms with Crippen molar-refractivity contribution in [3.8, 4) is 0 Å². The Bertz CT molecular complexity index is 501. The van der Waals surface area contributed by atoms with Crippen LogP contribution in [0.3, 0.4) is 0 Å². The summed E-state index contributed by atoms with van der Waals surface area (Å²) in [6, 6.07) is 4.85. The summed E-state index contributed by atoms with van der Waals surface area (Å²) in [6.45, 7) is 1.09. The molecule has 2 rings (SSSR count). The molecule has 0 aromatic heterocycles. The lowest BCUT2D eigenvalue weighted by molar-refractivity contribution is -0.148. The number of β-amino-alcohol motifs (C(OH)–C–C–N with tert-alkyl or cyclic N) is 1. The van der Waals surface area contributed by atoms with Gasteiger partial charge in [-0.2, -0.15) is 13.2 Å². The molecule has 1 aliphatic heterocycles. The Morgan fingerprint density at radius 1 is 1.29 bits per heavy atom. The van der Waals surface area contributed by atoms with Crippen LogP contribution in [0, 0.1) is 5.92 Å². The van der Waals surface area contributed by atoms with Crippen molar-refractivity contribution in [3.05, 3.63) is 35.4 Å². The van der Waals surface area contributed by atoms with Crippen LogP contribution in [-0.2, 0) is 17.5 Å². The third kappa shape index (κ3) is 3.95. The molecule has 2 N–H and O–H groups in total. The summed E-state index contributed by atoms with van der Waals surface area (Å²) in [6.07, 6.45) is -4.98. The van der Waals surface area contributed by atoms with Crippen LogP contribution in [0.4, 0.5) is 13.2 Å². The molecule has 1 saturated heterocycles. The molecule has 1 heterocycles. The van der Waals surface area contributed by atoms with Crippen LogP contribution in [0.5, 0.6) is 0 Å². The minimum absolute atomic E-state index is 0.206. The first-order valence-electron chi connectivity index (χ1n) is 6.56. The number of hydrogen-bond acceptors (Lipinski definition) is 3. The molecular formula is C14H16F3NO3. The molecule has 0 unspecified atom stereocenters. The monoisotopic (exact) mass is 303 g/mol. The van der Waals surface area contributed by atoms with Crippen LogP contribution in [0.15, 0.2) is 24.3 Å². The lowest BCUT2D eigenvalue weighted by Gasteiger charge is -2.33. The van der Waals surface area contributed by atoms with Crippen molar-refractivity contribution < 1.29 is 28.2 Å². The molecule has 0 bridgehead atoms. The summed E-state index contributed by atoms with van der Waals surface area (Å²) in [7, 11) is 0. The Morgan fingerprint density at radius 3 is 2.38 bits per heavy atom. The molecule has 0 spiro atoms. The standard InChI is InChI=1S/C14H16F3NO3/c15-14(16,17)10-3-1-9(2-4-10)7-18-6-5-11(13(20)21)12(19)8-18/h1-4,11-12,19H,5-8H2,(H,20,21)/t11-,12+/m0/s1. The van der Waals surface area contributed by atoms with Crippen molar-refractivity contribution in [1.29, 1.82) is 0 Å². The van der Waals surface area contributed by atoms with Crippen molar-refractivity contribution in [3.63, 3.8) is 0 Å². The summed E-state index contributed by atoms with van der Waals surface area (Å²) in [5.41, 5.74) is -0.000143. The number of alkyl halides is 3. The highest BCUT2D eigenvalue weighted by atomic mass is 19.4. The Morgan fingerprint density at radius 2 is 1.90 bits per heavy atom. The number of likely N-dealkylation sites (tertiary alicyclic amines) is 1. The molecule has 116 valence electrons. The van der Waals surface area contributed by atoms with E-state index in [4.69, 9.17) is 5.11 Å². The number of aliphatic carboxylic acids is 1. The first-order valence-corrected chi connectivity index (χ1v) is 6.56. The lowest BCUT2D eigenvalue weighted by atomic mass is 9.94. The third-order valence-electron chi connectivity index (χ3n) is 3.67. The van der Waals surface area contributed by atoms with Crippen LogP contribution < -0.4 is 0 Å². The van der Waals surface area contributed by atoms with Crippen LogP contribution in [-0.4, -0.2) is 40.3 Å². The van der Waals surface area contributed by atoms with Crippen LogP contribution in [0.2, 0.25) is 0 Å². The van der Waals surface area contributed by atoms with Crippen molar-refractivity contribution in [2.75, 3.05) is 13.1 Å². The van der Waals surface area contributed by atoms with E-state index in [9.17, 15) is 23.1 Å². The minimum atomic E-state index is -4.35. The molecule has 0 radical (unpaired) electrons. The average molecular weight is 303 g/mol. The maximum Gasteiger partial charge on any atom is 0.416 e. The van der Waals surface area contributed by atoms with E-state index in [1.165, 1.54) is 12.1 Å². The Labute approximate surface area is 119 Å². The molecule has 1 fully saturated rings. The molecule has 1 aromatic rings. The van der Waals surface area contributed by atoms with Gasteiger partial charge < -0.3 is 10.2 Å². The Balaban J connectivity index is 1.96. The maximum absolute atomic E-state index is 12.4. The zero-order valence-corrected chi connectivity index (χ0v) is 11.2. The Hall–Kier alpha value is -1.60. The van der Waals surface area contributed by atoms with E-state index in [0.717, 1.165) is 12.1 Å². The number of nitrogens with zero attached hydrogens (tertiary/aromatic N) is 1. The third-order valence-corrected chi connectivity index (χ3v) is 3.67. The van der Waals surface area contributed by atoms with E-state index in [-0.39, 0.29) is 6.54 Å². The van der Waals surface area contributed by atoms with Gasteiger partial charge in [-0.1, -0.05) is 12.1 Å². The zero-order valence-electron chi connectivity index (χ0n) is 11.2. The maximum atomic E-state index is 12.4. The molecule has 1 aromatic carbocycles. The molecule has 21 heavy (non-hydrogen) atoms. The fraction of sp³-hybridized carbons (Fsp3) is 0.500. The van der Waals surface area contributed by atoms with E-state index in [2.05, 4.69) is 0 Å². The van der Waals surface area contributed by atoms with Gasteiger partial charge in [-0.3, -0.25) is 9.69 Å². The van der Waals surface area contributed by atoms with Crippen molar-refractivity contribution in [2.24, 2.45) is 5.92 Å². The molecule has 1 aliphatic rings. The largest absolute Gasteiger partial charge is 0.481 e. The fourth-order valence-corrected chi connectivity index (χ4v) is 2.49. The van der Waals surface area contributed by atoms with Gasteiger partial charge >= 0.3 is 12.1 Å². The number of aliphatic hydroxyl groups is 1. The summed E-state index contributed by atoms with van der Waals surface area (Å²) in [5.74, 6) is -1.79. The van der Waals surface area contributed by atoms with Crippen LogP contribution >= 0.6 is 0 Å². The highest BCUT2D eigenvalue weighted by Crippen LogP contribution is 2.29. The smallest absolute Gasteiger partial charge is 0.416 e. The minimum Gasteiger partial charge on any atom is -0.481 e. The first-order chi connectivity index (χ1) is 9.77. The highest BCUT2D eigenvalue weighted by Gasteiger charge is 2.33. The number of halogens is 3. The molecule has 7 heteroatoms. The van der Waals surface area contributed by atoms with Crippen LogP contribution in [0.25, 0.3) is 0 Å². The molecule has 2 atom stereocenters. The van der Waals surface area contributed by atoms with Gasteiger partial charge in [0, 0.05) is 13.1 Å². The van der Waals surface area contributed by atoms with E-state index in [0.29, 0.717) is 25.1 Å². The molecular weight excluding hydrogens is 287 g/mol. The summed E-state index contributed by atoms with van der Waals surface area (Å²) in [4.78, 5) is 12.7. The van der Waals surface area contributed by atoms with Gasteiger partial charge in [-0.25, -0.2) is 0 Å². The van der Waals surface area contributed by atoms with Gasteiger partial charge in [-0.15, -0.1) is 0 Å². The second-order valence-corrected chi connectivity index (χ2v) is 5.23. The van der Waals surface area contributed by atoms with Crippen molar-refractivity contribution >= 4 is 5.97 Å². The normalized spacial score (nSPS) is 24.0. The van der Waals surface area contributed by atoms with E-state index in [1.807, 2.05) is 4.90 Å². The first kappa shape index (κ1) is 15.8. The summed E-state index contributed by atoms with van der Waals surface area (Å²) < 4.78 is 37.3. The van der Waals surface area contributed by atoms with Gasteiger partial charge in [-0.05, 0) is 30.7 Å². The number of hydrogen-bond donors (Lipinski definition) is 2. The number of carboxylic acids is 1. The molecule has 0 saturated carbocycles. The van der Waals surface area contributed by atoms with Crippen LogP contribution in [0.1, 0.15) is 17.5 Å². The number of carbonyl (C=O) groups is 1. The predicted octanol–water partition coefficient (Wildman–Crippen LogP) is 1.97. The fourth-order valence-electron chi connectivity index (χ4n) is 2.49. The van der Waals surface area contributed by atoms with Crippen molar-refractivity contribution in [2.45, 2.75) is 25.2 Å². The van der Waals surface area contributed by atoms with E-state index < -0.39 is 29.7 Å². The van der Waals surface area contributed by atoms with Gasteiger partial charge in [0.15, 0.2) is 0 Å². The van der Waals surface area contributed by atoms with Gasteiger partial charge in [0.2, 0.25) is 0 Å². The highest BCUT2D eigenvalue weighted by molar-refractivity contribution is 5.70. The lowest BCUT2D eigenvalue weighted by Crippen LogP contribution is -2.46. The average Bonchev–Trinajstić information content (AvgIpc) is 2.38. The predicted molar refractivity (Wildman–Crippen MR) is 68.5 cm³/mol. The molecule has 0 aliphatic carbocycles. The van der Waals surface area contributed by atoms with E-state index in [1.54, 1.807) is 0 Å². The Kier molecular flexibility index (Phi) is 4.53. The summed E-state index contributed by atoms with van der Waals surface area (Å²) >= 11 is 0. The number of benzene rings is 1. The second kappa shape index (κ2) is 6.03. The number of piperidine rings is 1. The molecule has 0 amide bonds. The van der Waals surface area contributed by atoms with Gasteiger partial charge in [0.1, 0.15) is 0 Å². The number of carboxylic acid groups (broad SMARTS) is 1. The van der Waals surface area contributed by atoms with Gasteiger partial charge in [0.25, 0.3) is 0 Å². The summed E-state index contributed by atoms with van der Waals surface area (Å²) in [5, 5.41) is 18.7.